The summed E-state index contributed by atoms with van der Waals surface area (Å²) >= 11 is 0. The third-order valence-electron chi connectivity index (χ3n) is 2.68. The van der Waals surface area contributed by atoms with Crippen LogP contribution in [0.3, 0.4) is 0 Å². The monoisotopic (exact) mass is 172 g/mol. The minimum absolute atomic E-state index is 0.691. The third-order valence-corrected chi connectivity index (χ3v) is 2.68. The first kappa shape index (κ1) is 12.0. The van der Waals surface area contributed by atoms with Gasteiger partial charge in [0.25, 0.3) is 0 Å². The second-order valence-electron chi connectivity index (χ2n) is 4.16. The van der Waals surface area contributed by atoms with E-state index in [1.165, 1.54) is 0 Å². The molecule has 0 heterocycles. The number of hydrogen-bond acceptors (Lipinski definition) is 1. The Hall–Kier alpha value is -0.0400. The Morgan fingerprint density at radius 2 is 1.67 bits per heavy atom. The van der Waals surface area contributed by atoms with Crippen LogP contribution < -0.4 is 0 Å². The van der Waals surface area contributed by atoms with Gasteiger partial charge in [-0.3, -0.25) is 0 Å². The second-order valence-corrected chi connectivity index (χ2v) is 4.16. The first-order chi connectivity index (χ1) is 5.59. The summed E-state index contributed by atoms with van der Waals surface area (Å²) in [5.41, 5.74) is 0. The van der Waals surface area contributed by atoms with Crippen molar-refractivity contribution in [2.24, 2.45) is 17.8 Å². The van der Waals surface area contributed by atoms with Crippen LogP contribution in [0.25, 0.3) is 0 Å². The molecule has 0 saturated carbocycles. The van der Waals surface area contributed by atoms with Gasteiger partial charge in [-0.1, -0.05) is 34.6 Å². The average Bonchev–Trinajstić information content (AvgIpc) is 2.03. The Kier molecular flexibility index (Phi) is 6.45. The van der Waals surface area contributed by atoms with Crippen LogP contribution in [-0.4, -0.2) is 13.2 Å². The molecule has 1 heteroatoms. The lowest BCUT2D eigenvalue weighted by atomic mass is 9.87. The summed E-state index contributed by atoms with van der Waals surface area (Å²) < 4.78 is 5.52. The van der Waals surface area contributed by atoms with Crippen LogP contribution >= 0.6 is 0 Å². The quantitative estimate of drug-likeness (QED) is 0.558. The van der Waals surface area contributed by atoms with Crippen LogP contribution in [-0.2, 0) is 4.74 Å². The van der Waals surface area contributed by atoms with Crippen molar-refractivity contribution >= 4 is 0 Å². The van der Waals surface area contributed by atoms with Gasteiger partial charge in [0, 0.05) is 13.2 Å². The van der Waals surface area contributed by atoms with Crippen LogP contribution in [0.15, 0.2) is 0 Å². The maximum absolute atomic E-state index is 5.52. The molecule has 2 unspecified atom stereocenters. The Balaban J connectivity index is 3.49. The molecule has 12 heavy (non-hydrogen) atoms. The van der Waals surface area contributed by atoms with E-state index in [1.54, 1.807) is 0 Å². The lowest BCUT2D eigenvalue weighted by Gasteiger charge is -2.23. The molecule has 0 aliphatic heterocycles. The zero-order valence-corrected chi connectivity index (χ0v) is 9.26. The Bertz CT molecular complexity index is 99.2. The van der Waals surface area contributed by atoms with E-state index in [4.69, 9.17) is 4.74 Å². The molecule has 0 rings (SSSR count). The van der Waals surface area contributed by atoms with Crippen molar-refractivity contribution in [3.63, 3.8) is 0 Å². The van der Waals surface area contributed by atoms with E-state index < -0.39 is 0 Å². The summed E-state index contributed by atoms with van der Waals surface area (Å²) in [4.78, 5) is 0. The summed E-state index contributed by atoms with van der Waals surface area (Å²) in [6, 6.07) is 0. The fourth-order valence-electron chi connectivity index (χ4n) is 1.22. The van der Waals surface area contributed by atoms with Gasteiger partial charge >= 0.3 is 0 Å². The van der Waals surface area contributed by atoms with E-state index in [9.17, 15) is 0 Å². The standard InChI is InChI=1S/C11H24O/c1-6-7-12-8-10(4)11(5)9(2)3/h9-11H,6-8H2,1-5H3. The van der Waals surface area contributed by atoms with Gasteiger partial charge in [-0.2, -0.15) is 0 Å². The summed E-state index contributed by atoms with van der Waals surface area (Å²) in [7, 11) is 0. The van der Waals surface area contributed by atoms with Crippen molar-refractivity contribution in [3.8, 4) is 0 Å². The topological polar surface area (TPSA) is 9.23 Å². The van der Waals surface area contributed by atoms with E-state index >= 15 is 0 Å². The van der Waals surface area contributed by atoms with Gasteiger partial charge in [-0.15, -0.1) is 0 Å². The number of hydrogen-bond donors (Lipinski definition) is 0. The smallest absolute Gasteiger partial charge is 0.0494 e. The molecule has 0 aromatic carbocycles. The van der Waals surface area contributed by atoms with E-state index in [0.29, 0.717) is 5.92 Å². The molecular weight excluding hydrogens is 148 g/mol. The molecule has 1 nitrogen and oxygen atoms in total. The van der Waals surface area contributed by atoms with Crippen LogP contribution in [0, 0.1) is 17.8 Å². The summed E-state index contributed by atoms with van der Waals surface area (Å²) in [6.45, 7) is 13.1. The molecule has 0 aromatic heterocycles. The molecule has 0 bridgehead atoms. The second kappa shape index (κ2) is 6.47. The van der Waals surface area contributed by atoms with E-state index in [0.717, 1.165) is 31.5 Å². The molecule has 74 valence electrons. The van der Waals surface area contributed by atoms with Crippen molar-refractivity contribution in [2.75, 3.05) is 13.2 Å². The molecule has 0 N–H and O–H groups in total. The molecule has 0 fully saturated rings. The fourth-order valence-corrected chi connectivity index (χ4v) is 1.22. The van der Waals surface area contributed by atoms with Crippen molar-refractivity contribution in [1.82, 2.24) is 0 Å². The molecule has 0 spiro atoms. The lowest BCUT2D eigenvalue weighted by Crippen LogP contribution is -2.19. The normalized spacial score (nSPS) is 16.5. The van der Waals surface area contributed by atoms with Gasteiger partial charge in [0.15, 0.2) is 0 Å². The van der Waals surface area contributed by atoms with E-state index in [-0.39, 0.29) is 0 Å². The Morgan fingerprint density at radius 1 is 1.08 bits per heavy atom. The molecule has 0 saturated heterocycles. The highest BCUT2D eigenvalue weighted by atomic mass is 16.5. The van der Waals surface area contributed by atoms with Crippen molar-refractivity contribution in [3.05, 3.63) is 0 Å². The number of rotatable bonds is 6. The van der Waals surface area contributed by atoms with Gasteiger partial charge in [-0.05, 0) is 24.2 Å². The molecule has 0 aliphatic carbocycles. The molecule has 0 amide bonds. The first-order valence-corrected chi connectivity index (χ1v) is 5.17. The Labute approximate surface area is 77.5 Å². The summed E-state index contributed by atoms with van der Waals surface area (Å²) in [5.74, 6) is 2.23. The fraction of sp³-hybridized carbons (Fsp3) is 1.00. The van der Waals surface area contributed by atoms with Crippen LogP contribution in [0.1, 0.15) is 41.0 Å². The average molecular weight is 172 g/mol. The summed E-state index contributed by atoms with van der Waals surface area (Å²) in [6.07, 6.45) is 1.13. The van der Waals surface area contributed by atoms with E-state index in [2.05, 4.69) is 34.6 Å². The van der Waals surface area contributed by atoms with Gasteiger partial charge in [0.2, 0.25) is 0 Å². The zero-order valence-electron chi connectivity index (χ0n) is 9.26. The predicted molar refractivity (Wildman–Crippen MR) is 54.3 cm³/mol. The van der Waals surface area contributed by atoms with Crippen molar-refractivity contribution < 1.29 is 4.74 Å². The first-order valence-electron chi connectivity index (χ1n) is 5.17. The molecule has 0 aromatic rings. The van der Waals surface area contributed by atoms with Crippen molar-refractivity contribution in [1.29, 1.82) is 0 Å². The van der Waals surface area contributed by atoms with Gasteiger partial charge in [-0.25, -0.2) is 0 Å². The van der Waals surface area contributed by atoms with Crippen LogP contribution in [0.4, 0.5) is 0 Å². The predicted octanol–water partition coefficient (Wildman–Crippen LogP) is 3.34. The highest BCUT2D eigenvalue weighted by molar-refractivity contribution is 4.64. The maximum atomic E-state index is 5.52. The minimum atomic E-state index is 0.691. The minimum Gasteiger partial charge on any atom is -0.381 e. The largest absolute Gasteiger partial charge is 0.381 e. The molecule has 0 radical (unpaired) electrons. The van der Waals surface area contributed by atoms with Crippen LogP contribution in [0.5, 0.6) is 0 Å². The SMILES string of the molecule is CCCOCC(C)C(C)C(C)C. The number of ether oxygens (including phenoxy) is 1. The third kappa shape index (κ3) is 4.76. The van der Waals surface area contributed by atoms with Gasteiger partial charge in [0.05, 0.1) is 0 Å². The molecule has 2 atom stereocenters. The highest BCUT2D eigenvalue weighted by Gasteiger charge is 2.15. The Morgan fingerprint density at radius 3 is 2.08 bits per heavy atom. The lowest BCUT2D eigenvalue weighted by molar-refractivity contribution is 0.0778. The maximum Gasteiger partial charge on any atom is 0.0494 e. The summed E-state index contributed by atoms with van der Waals surface area (Å²) in [5, 5.41) is 0. The van der Waals surface area contributed by atoms with Gasteiger partial charge < -0.3 is 4.74 Å². The van der Waals surface area contributed by atoms with Gasteiger partial charge in [0.1, 0.15) is 0 Å². The van der Waals surface area contributed by atoms with Crippen LogP contribution in [0.2, 0.25) is 0 Å². The van der Waals surface area contributed by atoms with E-state index in [1.807, 2.05) is 0 Å². The zero-order chi connectivity index (χ0) is 9.56. The molecule has 0 aliphatic rings. The van der Waals surface area contributed by atoms with Crippen molar-refractivity contribution in [2.45, 2.75) is 41.0 Å². The molecular formula is C11H24O. The highest BCUT2D eigenvalue weighted by Crippen LogP contribution is 2.19.